The van der Waals surface area contributed by atoms with E-state index >= 15 is 0 Å². The summed E-state index contributed by atoms with van der Waals surface area (Å²) in [5.41, 5.74) is 3.00. The molecule has 0 saturated carbocycles. The first-order valence-electron chi connectivity index (χ1n) is 10.5. The maximum atomic E-state index is 13.0. The molecule has 0 unspecified atom stereocenters. The van der Waals surface area contributed by atoms with Gasteiger partial charge < -0.3 is 15.6 Å². The van der Waals surface area contributed by atoms with Gasteiger partial charge in [0.05, 0.1) is 22.8 Å². The Morgan fingerprint density at radius 3 is 2.69 bits per heavy atom. The molecule has 1 amide bonds. The Labute approximate surface area is 196 Å². The van der Waals surface area contributed by atoms with E-state index in [1.54, 1.807) is 36.8 Å². The molecule has 5 aromatic rings. The van der Waals surface area contributed by atoms with Crippen LogP contribution in [0.5, 0.6) is 0 Å². The van der Waals surface area contributed by atoms with Crippen molar-refractivity contribution in [3.8, 4) is 11.4 Å². The third kappa shape index (κ3) is 4.56. The van der Waals surface area contributed by atoms with Crippen LogP contribution in [0.2, 0.25) is 0 Å². The molecule has 0 aliphatic rings. The summed E-state index contributed by atoms with van der Waals surface area (Å²) < 4.78 is 39.0. The lowest BCUT2D eigenvalue weighted by atomic mass is 10.1. The molecule has 0 aliphatic heterocycles. The second kappa shape index (κ2) is 8.60. The maximum absolute atomic E-state index is 13.0. The van der Waals surface area contributed by atoms with Crippen molar-refractivity contribution in [1.82, 2.24) is 25.1 Å². The first-order chi connectivity index (χ1) is 16.8. The Morgan fingerprint density at radius 2 is 1.91 bits per heavy atom. The molecule has 35 heavy (non-hydrogen) atoms. The fourth-order valence-corrected chi connectivity index (χ4v) is 3.54. The minimum Gasteiger partial charge on any atom is -0.357 e. The Balaban J connectivity index is 1.44. The average Bonchev–Trinajstić information content (AvgIpc) is 3.52. The maximum Gasteiger partial charge on any atom is 0.416 e. The van der Waals surface area contributed by atoms with E-state index in [-0.39, 0.29) is 11.3 Å². The number of aryl methyl sites for hydroxylation is 1. The molecule has 3 aromatic heterocycles. The van der Waals surface area contributed by atoms with E-state index in [1.165, 1.54) is 12.1 Å². The number of rotatable bonds is 5. The van der Waals surface area contributed by atoms with Crippen LogP contribution in [-0.4, -0.2) is 31.1 Å². The van der Waals surface area contributed by atoms with Crippen LogP contribution in [0.1, 0.15) is 21.5 Å². The van der Waals surface area contributed by atoms with Crippen LogP contribution in [0.3, 0.4) is 0 Å². The topological polar surface area (TPSA) is 111 Å². The van der Waals surface area contributed by atoms with Gasteiger partial charge in [-0.2, -0.15) is 18.3 Å². The van der Waals surface area contributed by atoms with Crippen molar-refractivity contribution in [2.45, 2.75) is 13.1 Å². The van der Waals surface area contributed by atoms with E-state index in [0.29, 0.717) is 33.9 Å². The minimum absolute atomic E-state index is 0.0496. The van der Waals surface area contributed by atoms with Crippen molar-refractivity contribution in [3.05, 3.63) is 83.8 Å². The van der Waals surface area contributed by atoms with Crippen molar-refractivity contribution in [2.75, 3.05) is 10.6 Å². The Bertz CT molecular complexity index is 1520. The zero-order valence-electron chi connectivity index (χ0n) is 18.2. The highest BCUT2D eigenvalue weighted by Crippen LogP contribution is 2.31. The van der Waals surface area contributed by atoms with E-state index in [2.05, 4.69) is 35.8 Å². The van der Waals surface area contributed by atoms with Crippen molar-refractivity contribution in [3.63, 3.8) is 0 Å². The molecule has 2 aromatic carbocycles. The van der Waals surface area contributed by atoms with E-state index in [4.69, 9.17) is 0 Å². The van der Waals surface area contributed by atoms with Crippen LogP contribution in [0, 0.1) is 6.92 Å². The zero-order valence-corrected chi connectivity index (χ0v) is 18.2. The lowest BCUT2D eigenvalue weighted by molar-refractivity contribution is -0.137. The fourth-order valence-electron chi connectivity index (χ4n) is 3.54. The van der Waals surface area contributed by atoms with Crippen LogP contribution in [0.15, 0.2) is 67.1 Å². The van der Waals surface area contributed by atoms with Gasteiger partial charge in [-0.25, -0.2) is 9.97 Å². The van der Waals surface area contributed by atoms with Crippen molar-refractivity contribution in [2.24, 2.45) is 0 Å². The number of aromatic nitrogens is 5. The zero-order chi connectivity index (χ0) is 24.6. The van der Waals surface area contributed by atoms with Gasteiger partial charge in [0.1, 0.15) is 5.52 Å². The summed E-state index contributed by atoms with van der Waals surface area (Å²) in [4.78, 5) is 25.1. The number of hydrogen-bond donors (Lipinski definition) is 4. The second-order valence-corrected chi connectivity index (χ2v) is 7.81. The predicted molar refractivity (Wildman–Crippen MR) is 125 cm³/mol. The molecular weight excluding hydrogens is 459 g/mol. The van der Waals surface area contributed by atoms with E-state index in [1.807, 2.05) is 13.0 Å². The number of aromatic amines is 2. The highest BCUT2D eigenvalue weighted by atomic mass is 19.4. The number of nitrogens with zero attached hydrogens (tertiary/aromatic N) is 3. The summed E-state index contributed by atoms with van der Waals surface area (Å²) in [6, 6.07) is 11.3. The molecule has 0 bridgehead atoms. The molecule has 176 valence electrons. The molecule has 0 saturated heterocycles. The molecule has 11 heteroatoms. The summed E-state index contributed by atoms with van der Waals surface area (Å²) in [5.74, 6) is 0.415. The molecule has 3 heterocycles. The molecule has 0 aliphatic carbocycles. The molecule has 0 atom stereocenters. The number of H-pyrrole nitrogens is 2. The molecule has 8 nitrogen and oxygen atoms in total. The molecule has 5 rings (SSSR count). The molecule has 0 radical (unpaired) electrons. The van der Waals surface area contributed by atoms with E-state index in [0.717, 1.165) is 17.7 Å². The minimum atomic E-state index is -4.50. The van der Waals surface area contributed by atoms with Gasteiger partial charge in [-0.05, 0) is 48.9 Å². The lowest BCUT2D eigenvalue weighted by Gasteiger charge is -2.13. The number of carbonyl (C=O) groups is 1. The van der Waals surface area contributed by atoms with Gasteiger partial charge in [0, 0.05) is 29.3 Å². The Morgan fingerprint density at radius 1 is 1.06 bits per heavy atom. The van der Waals surface area contributed by atoms with E-state index < -0.39 is 17.6 Å². The third-order valence-corrected chi connectivity index (χ3v) is 5.36. The largest absolute Gasteiger partial charge is 0.416 e. The SMILES string of the molecule is Cc1ccc(C(=O)Nc2cccc(C(F)(F)F)c2)cc1Nc1nc(-c2cn[nH]c2)nc2cc[nH]c12. The number of halogens is 3. The summed E-state index contributed by atoms with van der Waals surface area (Å²) in [7, 11) is 0. The smallest absolute Gasteiger partial charge is 0.357 e. The monoisotopic (exact) mass is 477 g/mol. The molecule has 0 fully saturated rings. The molecule has 0 spiro atoms. The number of alkyl halides is 3. The lowest BCUT2D eigenvalue weighted by Crippen LogP contribution is -2.13. The quantitative estimate of drug-likeness (QED) is 0.261. The summed E-state index contributed by atoms with van der Waals surface area (Å²) in [6.07, 6.45) is 0.538. The van der Waals surface area contributed by atoms with Crippen LogP contribution in [0.25, 0.3) is 22.4 Å². The highest BCUT2D eigenvalue weighted by molar-refractivity contribution is 6.05. The van der Waals surface area contributed by atoms with Gasteiger partial charge in [0.25, 0.3) is 5.91 Å². The predicted octanol–water partition coefficient (Wildman–Crippen LogP) is 5.67. The Hall–Kier alpha value is -4.67. The third-order valence-electron chi connectivity index (χ3n) is 5.36. The first kappa shape index (κ1) is 22.1. The number of fused-ring (bicyclic) bond motifs is 1. The Kier molecular flexibility index (Phi) is 5.44. The van der Waals surface area contributed by atoms with Gasteiger partial charge in [0.15, 0.2) is 11.6 Å². The van der Waals surface area contributed by atoms with Crippen molar-refractivity contribution in [1.29, 1.82) is 0 Å². The van der Waals surface area contributed by atoms with Crippen LogP contribution in [0.4, 0.5) is 30.4 Å². The second-order valence-electron chi connectivity index (χ2n) is 7.81. The number of amides is 1. The normalized spacial score (nSPS) is 11.5. The van der Waals surface area contributed by atoms with E-state index in [9.17, 15) is 18.0 Å². The van der Waals surface area contributed by atoms with Crippen LogP contribution in [-0.2, 0) is 6.18 Å². The summed E-state index contributed by atoms with van der Waals surface area (Å²) in [6.45, 7) is 1.86. The van der Waals surface area contributed by atoms with Crippen LogP contribution < -0.4 is 10.6 Å². The average molecular weight is 477 g/mol. The summed E-state index contributed by atoms with van der Waals surface area (Å²) in [5, 5.41) is 12.4. The molecular formula is C24H18F3N7O. The number of anilines is 3. The van der Waals surface area contributed by atoms with Gasteiger partial charge in [-0.15, -0.1) is 0 Å². The molecule has 4 N–H and O–H groups in total. The fraction of sp³-hybridized carbons (Fsp3) is 0.0833. The summed E-state index contributed by atoms with van der Waals surface area (Å²) >= 11 is 0. The van der Waals surface area contributed by atoms with Crippen LogP contribution >= 0.6 is 0 Å². The van der Waals surface area contributed by atoms with Crippen molar-refractivity contribution >= 4 is 34.1 Å². The van der Waals surface area contributed by atoms with Gasteiger partial charge >= 0.3 is 6.18 Å². The van der Waals surface area contributed by atoms with Gasteiger partial charge in [0.2, 0.25) is 0 Å². The first-order valence-corrected chi connectivity index (χ1v) is 10.5. The van der Waals surface area contributed by atoms with Gasteiger partial charge in [-0.3, -0.25) is 9.89 Å². The number of hydrogen-bond acceptors (Lipinski definition) is 5. The number of benzene rings is 2. The van der Waals surface area contributed by atoms with Crippen molar-refractivity contribution < 1.29 is 18.0 Å². The number of carbonyl (C=O) groups excluding carboxylic acids is 1. The number of nitrogens with one attached hydrogen (secondary N) is 4. The highest BCUT2D eigenvalue weighted by Gasteiger charge is 2.30. The van der Waals surface area contributed by atoms with Gasteiger partial charge in [-0.1, -0.05) is 12.1 Å². The standard InChI is InChI=1S/C24H18F3N7O/c1-13-5-6-14(23(35)31-17-4-2-3-16(10-17)24(25,26)27)9-19(13)33-22-20-18(7-8-28-20)32-21(34-22)15-11-29-30-12-15/h2-12,28H,1H3,(H,29,30)(H,31,35)(H,32,33,34).